The number of aryl methyl sites for hydroxylation is 1. The van der Waals surface area contributed by atoms with Crippen molar-refractivity contribution in [3.05, 3.63) is 46.7 Å². The molecule has 1 N–H and O–H groups in total. The van der Waals surface area contributed by atoms with Crippen molar-refractivity contribution in [2.45, 2.75) is 20.1 Å². The number of rotatable bonds is 3. The maximum Gasteiger partial charge on any atom is 0.226 e. The molecule has 0 bridgehead atoms. The number of thiazole rings is 1. The molecule has 0 amide bonds. The molecule has 2 aliphatic rings. The van der Waals surface area contributed by atoms with E-state index in [1.807, 2.05) is 29.7 Å². The fraction of sp³-hybridized carbons (Fsp3) is 0.381. The molecule has 0 radical (unpaired) electrons. The summed E-state index contributed by atoms with van der Waals surface area (Å²) >= 11 is 1.60. The molecule has 4 heterocycles. The molecule has 5 rings (SSSR count). The standard InChI is InChI=1S/C21H24N4O2S/c1-3-23-6-8-24(9-7-23)16-5-4-15-10-17(20(26)27-19(15)11-16)18-12-25-14(2)13-28-21(25)22-18/h4-5,10-13,20,26H,3,6-9H2,1-2H3. The topological polar surface area (TPSA) is 53.2 Å². The summed E-state index contributed by atoms with van der Waals surface area (Å²) in [6.45, 7) is 9.55. The maximum atomic E-state index is 10.6. The highest BCUT2D eigenvalue weighted by molar-refractivity contribution is 7.15. The number of hydrogen-bond acceptors (Lipinski definition) is 6. The van der Waals surface area contributed by atoms with Crippen LogP contribution in [0.1, 0.15) is 23.9 Å². The summed E-state index contributed by atoms with van der Waals surface area (Å²) < 4.78 is 7.92. The summed E-state index contributed by atoms with van der Waals surface area (Å²) in [5.74, 6) is 0.726. The number of aliphatic hydroxyl groups is 1. The maximum absolute atomic E-state index is 10.6. The van der Waals surface area contributed by atoms with Gasteiger partial charge in [0.15, 0.2) is 4.96 Å². The highest BCUT2D eigenvalue weighted by Crippen LogP contribution is 2.36. The molecule has 0 saturated carbocycles. The number of aromatic nitrogens is 2. The first-order valence-electron chi connectivity index (χ1n) is 9.73. The Morgan fingerprint density at radius 3 is 2.82 bits per heavy atom. The predicted octanol–water partition coefficient (Wildman–Crippen LogP) is 3.10. The average molecular weight is 397 g/mol. The van der Waals surface area contributed by atoms with E-state index in [4.69, 9.17) is 4.74 Å². The normalized spacial score (nSPS) is 20.2. The van der Waals surface area contributed by atoms with Crippen molar-refractivity contribution >= 4 is 33.6 Å². The van der Waals surface area contributed by atoms with Gasteiger partial charge in [0.05, 0.1) is 5.69 Å². The highest BCUT2D eigenvalue weighted by atomic mass is 32.1. The van der Waals surface area contributed by atoms with E-state index in [1.165, 1.54) is 0 Å². The van der Waals surface area contributed by atoms with Crippen LogP contribution in [0.4, 0.5) is 5.69 Å². The molecule has 1 atom stereocenters. The van der Waals surface area contributed by atoms with Crippen molar-refractivity contribution in [2.75, 3.05) is 37.6 Å². The molecule has 1 aromatic carbocycles. The Morgan fingerprint density at radius 2 is 2.07 bits per heavy atom. The molecule has 28 heavy (non-hydrogen) atoms. The second-order valence-corrected chi connectivity index (χ2v) is 8.21. The fourth-order valence-electron chi connectivity index (χ4n) is 3.92. The van der Waals surface area contributed by atoms with E-state index < -0.39 is 6.29 Å². The largest absolute Gasteiger partial charge is 0.460 e. The van der Waals surface area contributed by atoms with Gasteiger partial charge in [0, 0.05) is 66.3 Å². The number of nitrogens with zero attached hydrogens (tertiary/aromatic N) is 4. The van der Waals surface area contributed by atoms with Gasteiger partial charge < -0.3 is 19.6 Å². The molecule has 3 aromatic rings. The molecule has 0 aliphatic carbocycles. The Balaban J connectivity index is 1.43. The quantitative estimate of drug-likeness (QED) is 0.737. The Kier molecular flexibility index (Phi) is 4.38. The van der Waals surface area contributed by atoms with Crippen LogP contribution in [0.3, 0.4) is 0 Å². The number of benzene rings is 1. The first kappa shape index (κ1) is 17.7. The van der Waals surface area contributed by atoms with Gasteiger partial charge in [-0.05, 0) is 31.7 Å². The minimum Gasteiger partial charge on any atom is -0.460 e. The van der Waals surface area contributed by atoms with Gasteiger partial charge in [0.25, 0.3) is 0 Å². The molecule has 146 valence electrons. The lowest BCUT2D eigenvalue weighted by Crippen LogP contribution is -2.46. The lowest BCUT2D eigenvalue weighted by molar-refractivity contribution is 0.0318. The second-order valence-electron chi connectivity index (χ2n) is 7.37. The van der Waals surface area contributed by atoms with Crippen LogP contribution in [0.2, 0.25) is 0 Å². The fourth-order valence-corrected chi connectivity index (χ4v) is 4.77. The third kappa shape index (κ3) is 2.99. The average Bonchev–Trinajstić information content (AvgIpc) is 3.29. The minimum atomic E-state index is -1.01. The Bertz CT molecular complexity index is 1050. The molecular weight excluding hydrogens is 372 g/mol. The number of hydrogen-bond donors (Lipinski definition) is 1. The molecule has 6 nitrogen and oxygen atoms in total. The van der Waals surface area contributed by atoms with Crippen LogP contribution < -0.4 is 9.64 Å². The number of ether oxygens (including phenoxy) is 1. The number of aliphatic hydroxyl groups excluding tert-OH is 1. The number of piperazine rings is 1. The van der Waals surface area contributed by atoms with Crippen molar-refractivity contribution in [3.8, 4) is 5.75 Å². The van der Waals surface area contributed by atoms with Gasteiger partial charge in [-0.1, -0.05) is 6.92 Å². The zero-order chi connectivity index (χ0) is 19.3. The molecular formula is C21H24N4O2S. The van der Waals surface area contributed by atoms with Gasteiger partial charge in [0.1, 0.15) is 5.75 Å². The summed E-state index contributed by atoms with van der Waals surface area (Å²) in [4.78, 5) is 10.4. The highest BCUT2D eigenvalue weighted by Gasteiger charge is 2.25. The molecule has 1 saturated heterocycles. The molecule has 2 aromatic heterocycles. The van der Waals surface area contributed by atoms with Crippen molar-refractivity contribution in [1.82, 2.24) is 14.3 Å². The van der Waals surface area contributed by atoms with Crippen molar-refractivity contribution in [2.24, 2.45) is 0 Å². The molecule has 1 fully saturated rings. The van der Waals surface area contributed by atoms with Gasteiger partial charge in [-0.2, -0.15) is 0 Å². The van der Waals surface area contributed by atoms with Crippen LogP contribution in [0, 0.1) is 6.92 Å². The third-order valence-corrected chi connectivity index (χ3v) is 6.64. The van der Waals surface area contributed by atoms with Crippen LogP contribution in [0.15, 0.2) is 29.8 Å². The van der Waals surface area contributed by atoms with Crippen molar-refractivity contribution in [1.29, 1.82) is 0 Å². The van der Waals surface area contributed by atoms with E-state index in [1.54, 1.807) is 11.3 Å². The number of fused-ring (bicyclic) bond motifs is 2. The second kappa shape index (κ2) is 6.92. The summed E-state index contributed by atoms with van der Waals surface area (Å²) in [6, 6.07) is 6.27. The lowest BCUT2D eigenvalue weighted by atomic mass is 10.0. The van der Waals surface area contributed by atoms with Crippen LogP contribution >= 0.6 is 11.3 Å². The van der Waals surface area contributed by atoms with Crippen LogP contribution in [0.5, 0.6) is 5.75 Å². The Hall–Kier alpha value is -2.35. The molecule has 2 aliphatic heterocycles. The summed E-state index contributed by atoms with van der Waals surface area (Å²) in [6.07, 6.45) is 2.94. The summed E-state index contributed by atoms with van der Waals surface area (Å²) in [5.41, 5.74) is 4.72. The molecule has 7 heteroatoms. The number of likely N-dealkylation sites (N-methyl/N-ethyl adjacent to an activating group) is 1. The van der Waals surface area contributed by atoms with E-state index in [9.17, 15) is 5.11 Å². The van der Waals surface area contributed by atoms with E-state index in [-0.39, 0.29) is 0 Å². The van der Waals surface area contributed by atoms with E-state index in [0.717, 1.165) is 66.1 Å². The SMILES string of the molecule is CCN1CCN(c2ccc3c(c2)OC(O)C(c2cn4c(C)csc4n2)=C3)CC1. The van der Waals surface area contributed by atoms with E-state index >= 15 is 0 Å². The zero-order valence-electron chi connectivity index (χ0n) is 16.1. The first-order chi connectivity index (χ1) is 13.6. The van der Waals surface area contributed by atoms with Crippen molar-refractivity contribution < 1.29 is 9.84 Å². The summed E-state index contributed by atoms with van der Waals surface area (Å²) in [7, 11) is 0. The minimum absolute atomic E-state index is 0.701. The van der Waals surface area contributed by atoms with Gasteiger partial charge in [-0.3, -0.25) is 4.40 Å². The smallest absolute Gasteiger partial charge is 0.226 e. The number of imidazole rings is 1. The predicted molar refractivity (Wildman–Crippen MR) is 113 cm³/mol. The Morgan fingerprint density at radius 1 is 1.25 bits per heavy atom. The third-order valence-electron chi connectivity index (χ3n) is 5.68. The van der Waals surface area contributed by atoms with Crippen molar-refractivity contribution in [3.63, 3.8) is 0 Å². The van der Waals surface area contributed by atoms with Gasteiger partial charge in [-0.25, -0.2) is 4.98 Å². The van der Waals surface area contributed by atoms with Crippen LogP contribution in [-0.2, 0) is 0 Å². The van der Waals surface area contributed by atoms with E-state index in [0.29, 0.717) is 5.57 Å². The molecule has 1 unspecified atom stereocenters. The zero-order valence-corrected chi connectivity index (χ0v) is 16.9. The van der Waals surface area contributed by atoms with Crippen LogP contribution in [-0.4, -0.2) is 58.4 Å². The lowest BCUT2D eigenvalue weighted by Gasteiger charge is -2.36. The number of anilines is 1. The monoisotopic (exact) mass is 396 g/mol. The summed E-state index contributed by atoms with van der Waals surface area (Å²) in [5, 5.41) is 12.7. The van der Waals surface area contributed by atoms with E-state index in [2.05, 4.69) is 39.2 Å². The molecule has 0 spiro atoms. The van der Waals surface area contributed by atoms with Gasteiger partial charge in [0.2, 0.25) is 6.29 Å². The van der Waals surface area contributed by atoms with Gasteiger partial charge in [-0.15, -0.1) is 11.3 Å². The Labute approximate surface area is 168 Å². The van der Waals surface area contributed by atoms with Gasteiger partial charge >= 0.3 is 0 Å². The first-order valence-corrected chi connectivity index (χ1v) is 10.6. The van der Waals surface area contributed by atoms with Crippen LogP contribution in [0.25, 0.3) is 16.6 Å².